The largest absolute Gasteiger partial charge is 0.477 e. The van der Waals surface area contributed by atoms with Crippen LogP contribution in [0.2, 0.25) is 0 Å². The first-order valence-electron chi connectivity index (χ1n) is 9.85. The first-order valence-corrected chi connectivity index (χ1v) is 12.7. The smallest absolute Gasteiger partial charge is 0.352 e. The molecule has 0 saturated carbocycles. The Hall–Kier alpha value is -2.57. The highest BCUT2D eigenvalue weighted by Gasteiger charge is 2.54. The van der Waals surface area contributed by atoms with Gasteiger partial charge in [-0.1, -0.05) is 53.4 Å². The lowest BCUT2D eigenvalue weighted by Crippen LogP contribution is -2.71. The zero-order valence-corrected chi connectivity index (χ0v) is 19.6. The van der Waals surface area contributed by atoms with Gasteiger partial charge >= 0.3 is 12.0 Å². The van der Waals surface area contributed by atoms with Gasteiger partial charge in [-0.3, -0.25) is 9.69 Å². The van der Waals surface area contributed by atoms with Crippen LogP contribution >= 0.6 is 34.9 Å². The van der Waals surface area contributed by atoms with Crippen molar-refractivity contribution in [3.63, 3.8) is 0 Å². The van der Waals surface area contributed by atoms with Crippen molar-refractivity contribution in [3.8, 4) is 0 Å². The van der Waals surface area contributed by atoms with E-state index in [4.69, 9.17) is 0 Å². The Morgan fingerprint density at radius 3 is 2.75 bits per heavy atom. The molecule has 2 aliphatic rings. The van der Waals surface area contributed by atoms with Gasteiger partial charge in [0, 0.05) is 18.1 Å². The van der Waals surface area contributed by atoms with Gasteiger partial charge in [0.1, 0.15) is 22.1 Å². The predicted molar refractivity (Wildman–Crippen MR) is 124 cm³/mol. The normalized spacial score (nSPS) is 19.9. The van der Waals surface area contributed by atoms with Crippen LogP contribution in [0.1, 0.15) is 10.6 Å². The van der Waals surface area contributed by atoms with Crippen LogP contribution < -0.4 is 10.6 Å². The molecular weight excluding hydrogens is 470 g/mol. The van der Waals surface area contributed by atoms with Gasteiger partial charge < -0.3 is 15.7 Å². The van der Waals surface area contributed by atoms with Gasteiger partial charge in [0.25, 0.3) is 5.91 Å². The summed E-state index contributed by atoms with van der Waals surface area (Å²) in [5, 5.41) is 23.6. The average Bonchev–Trinajstić information content (AvgIpc) is 3.21. The van der Waals surface area contributed by atoms with E-state index >= 15 is 0 Å². The topological polar surface area (TPSA) is 125 Å². The Bertz CT molecular complexity index is 1060. The van der Waals surface area contributed by atoms with Crippen molar-refractivity contribution < 1.29 is 19.5 Å². The quantitative estimate of drug-likeness (QED) is 0.379. The molecule has 0 aliphatic carbocycles. The number of nitrogens with zero attached hydrogens (tertiary/aromatic N) is 3. The molecule has 3 N–H and O–H groups in total. The minimum Gasteiger partial charge on any atom is -0.477 e. The third-order valence-electron chi connectivity index (χ3n) is 4.96. The third kappa shape index (κ3) is 4.92. The number of hydrogen-bond donors (Lipinski definition) is 3. The van der Waals surface area contributed by atoms with Crippen molar-refractivity contribution in [1.82, 2.24) is 25.7 Å². The maximum atomic E-state index is 12.7. The second-order valence-corrected chi connectivity index (χ2v) is 10.7. The summed E-state index contributed by atoms with van der Waals surface area (Å²) in [5.74, 6) is -0.669. The molecule has 3 heterocycles. The summed E-state index contributed by atoms with van der Waals surface area (Å²) in [7, 11) is 0. The molecule has 9 nitrogen and oxygen atoms in total. The number of nitrogens with one attached hydrogen (secondary N) is 2. The van der Waals surface area contributed by atoms with Crippen molar-refractivity contribution in [2.75, 3.05) is 18.1 Å². The van der Waals surface area contributed by atoms with Crippen LogP contribution in [0.25, 0.3) is 0 Å². The predicted octanol–water partition coefficient (Wildman–Crippen LogP) is 2.10. The van der Waals surface area contributed by atoms with Gasteiger partial charge in [-0.2, -0.15) is 0 Å². The fraction of sp³-hybridized carbons (Fsp3) is 0.350. The SMILES string of the molecule is Cc1nnc(SCC2=C(C(=O)O)N3C(=O)C(NC(=O)NCCc4ccccc4)[C@@H]3SC2)s1. The van der Waals surface area contributed by atoms with E-state index in [0.717, 1.165) is 14.9 Å². The number of aromatic nitrogens is 2. The fourth-order valence-corrected chi connectivity index (χ4v) is 6.74. The summed E-state index contributed by atoms with van der Waals surface area (Å²) >= 11 is 4.30. The van der Waals surface area contributed by atoms with Gasteiger partial charge in [-0.25, -0.2) is 9.59 Å². The van der Waals surface area contributed by atoms with Crippen LogP contribution in [0, 0.1) is 6.92 Å². The van der Waals surface area contributed by atoms with Gasteiger partial charge in [-0.15, -0.1) is 22.0 Å². The van der Waals surface area contributed by atoms with Crippen LogP contribution in [-0.4, -0.2) is 67.6 Å². The minimum absolute atomic E-state index is 0.00928. The number of hydrogen-bond acceptors (Lipinski definition) is 8. The molecule has 1 unspecified atom stereocenters. The van der Waals surface area contributed by atoms with Crippen molar-refractivity contribution in [3.05, 3.63) is 52.2 Å². The summed E-state index contributed by atoms with van der Waals surface area (Å²) in [4.78, 5) is 38.2. The van der Waals surface area contributed by atoms with E-state index < -0.39 is 29.3 Å². The number of thioether (sulfide) groups is 2. The lowest BCUT2D eigenvalue weighted by Gasteiger charge is -2.49. The summed E-state index contributed by atoms with van der Waals surface area (Å²) in [5.41, 5.74) is 1.78. The third-order valence-corrected chi connectivity index (χ3v) is 8.35. The number of carboxylic acid groups (broad SMARTS) is 1. The van der Waals surface area contributed by atoms with Crippen LogP contribution in [0.3, 0.4) is 0 Å². The van der Waals surface area contributed by atoms with Gasteiger partial charge in [0.05, 0.1) is 0 Å². The molecule has 4 rings (SSSR count). The molecular formula is C20H21N5O4S3. The summed E-state index contributed by atoms with van der Waals surface area (Å²) in [6.45, 7) is 2.29. The number of urea groups is 1. The fourth-order valence-electron chi connectivity index (χ4n) is 3.44. The molecule has 1 aromatic carbocycles. The first-order chi connectivity index (χ1) is 15.4. The van der Waals surface area contributed by atoms with Crippen LogP contribution in [0.5, 0.6) is 0 Å². The molecule has 2 aromatic rings. The number of β-lactam (4-membered cyclic amide) rings is 1. The van der Waals surface area contributed by atoms with Crippen molar-refractivity contribution in [2.24, 2.45) is 0 Å². The van der Waals surface area contributed by atoms with Crippen LogP contribution in [0.4, 0.5) is 4.79 Å². The second kappa shape index (κ2) is 9.92. The van der Waals surface area contributed by atoms with E-state index in [1.807, 2.05) is 37.3 Å². The van der Waals surface area contributed by atoms with E-state index in [2.05, 4.69) is 20.8 Å². The molecule has 2 atom stereocenters. The van der Waals surface area contributed by atoms with Crippen molar-refractivity contribution in [2.45, 2.75) is 29.1 Å². The van der Waals surface area contributed by atoms with Crippen LogP contribution in [0.15, 0.2) is 45.9 Å². The highest BCUT2D eigenvalue weighted by atomic mass is 32.2. The first kappa shape index (κ1) is 22.6. The molecule has 12 heteroatoms. The van der Waals surface area contributed by atoms with E-state index in [0.29, 0.717) is 30.0 Å². The number of carboxylic acids is 1. The number of carbonyl (C=O) groups excluding carboxylic acids is 2. The number of rotatable bonds is 8. The van der Waals surface area contributed by atoms with E-state index in [1.165, 1.54) is 39.8 Å². The molecule has 2 aliphatic heterocycles. The molecule has 1 fully saturated rings. The Kier molecular flexibility index (Phi) is 7.01. The molecule has 3 amide bonds. The van der Waals surface area contributed by atoms with E-state index in [-0.39, 0.29) is 5.70 Å². The maximum Gasteiger partial charge on any atom is 0.352 e. The molecule has 1 aromatic heterocycles. The number of carbonyl (C=O) groups is 3. The minimum atomic E-state index is -1.14. The average molecular weight is 492 g/mol. The lowest BCUT2D eigenvalue weighted by molar-refractivity contribution is -0.148. The van der Waals surface area contributed by atoms with Crippen LogP contribution in [-0.2, 0) is 16.0 Å². The molecule has 32 heavy (non-hydrogen) atoms. The number of aryl methyl sites for hydroxylation is 1. The summed E-state index contributed by atoms with van der Waals surface area (Å²) in [6.07, 6.45) is 0.679. The Labute approximate surface area is 197 Å². The second-order valence-electron chi connectivity index (χ2n) is 7.16. The number of amides is 3. The van der Waals surface area contributed by atoms with Gasteiger partial charge in [-0.05, 0) is 24.5 Å². The van der Waals surface area contributed by atoms with E-state index in [9.17, 15) is 19.5 Å². The van der Waals surface area contributed by atoms with Crippen molar-refractivity contribution >= 4 is 52.8 Å². The molecule has 168 valence electrons. The highest BCUT2D eigenvalue weighted by Crippen LogP contribution is 2.41. The Morgan fingerprint density at radius 1 is 1.28 bits per heavy atom. The van der Waals surface area contributed by atoms with Gasteiger partial charge in [0.2, 0.25) is 0 Å². The molecule has 0 radical (unpaired) electrons. The number of fused-ring (bicyclic) bond motifs is 1. The standard InChI is InChI=1S/C20H21N5O4S3/c1-11-23-24-20(32-11)31-10-13-9-30-17-14(16(26)25(17)15(13)18(27)28)22-19(29)21-8-7-12-5-3-2-4-6-12/h2-6,14,17H,7-10H2,1H3,(H,27,28)(H2,21,22,29)/t14?,17-/m0/s1. The van der Waals surface area contributed by atoms with E-state index in [1.54, 1.807) is 0 Å². The number of aliphatic carboxylic acids is 1. The zero-order chi connectivity index (χ0) is 22.7. The Morgan fingerprint density at radius 2 is 2.06 bits per heavy atom. The molecule has 1 saturated heterocycles. The lowest BCUT2D eigenvalue weighted by atomic mass is 10.0. The highest BCUT2D eigenvalue weighted by molar-refractivity contribution is 8.01. The molecule has 0 spiro atoms. The number of benzene rings is 1. The van der Waals surface area contributed by atoms with Crippen molar-refractivity contribution in [1.29, 1.82) is 0 Å². The monoisotopic (exact) mass is 491 g/mol. The summed E-state index contributed by atoms with van der Waals surface area (Å²) in [6, 6.07) is 8.58. The summed E-state index contributed by atoms with van der Waals surface area (Å²) < 4.78 is 0.758. The molecule has 0 bridgehead atoms. The maximum absolute atomic E-state index is 12.7. The Balaban J connectivity index is 1.34. The zero-order valence-electron chi connectivity index (χ0n) is 17.1. The van der Waals surface area contributed by atoms with Gasteiger partial charge in [0.15, 0.2) is 4.34 Å².